The van der Waals surface area contributed by atoms with Crippen LogP contribution in [0.5, 0.6) is 0 Å². The number of hydrogen-bond donors (Lipinski definition) is 3. The molecular weight excluding hydrogens is 959 g/mol. The minimum atomic E-state index is -0.846. The summed E-state index contributed by atoms with van der Waals surface area (Å²) >= 11 is 0. The molecule has 0 aromatic rings. The highest BCUT2D eigenvalue weighted by Gasteiger charge is 2.18. The van der Waals surface area contributed by atoms with Crippen molar-refractivity contribution < 1.29 is 24.5 Å². The van der Waals surface area contributed by atoms with Gasteiger partial charge in [-0.25, -0.2) is 0 Å². The molecule has 2 unspecified atom stereocenters. The van der Waals surface area contributed by atoms with Crippen LogP contribution in [0, 0.1) is 0 Å². The van der Waals surface area contributed by atoms with E-state index in [0.717, 1.165) is 38.5 Å². The van der Waals surface area contributed by atoms with Crippen LogP contribution in [0.3, 0.4) is 0 Å². The van der Waals surface area contributed by atoms with Gasteiger partial charge in [0, 0.05) is 12.8 Å². The number of amides is 1. The van der Waals surface area contributed by atoms with E-state index in [1.165, 1.54) is 334 Å². The number of ether oxygens (including phenoxy) is 1. The van der Waals surface area contributed by atoms with Crippen molar-refractivity contribution >= 4 is 11.9 Å². The van der Waals surface area contributed by atoms with E-state index in [9.17, 15) is 19.8 Å². The fourth-order valence-corrected chi connectivity index (χ4v) is 11.3. The second-order valence-corrected chi connectivity index (χ2v) is 24.6. The third kappa shape index (κ3) is 63.5. The first-order valence-electron chi connectivity index (χ1n) is 35.6. The van der Waals surface area contributed by atoms with Crippen molar-refractivity contribution in [1.29, 1.82) is 0 Å². The number of allylic oxidation sites excluding steroid dienone is 3. The first kappa shape index (κ1) is 76.3. The van der Waals surface area contributed by atoms with Crippen molar-refractivity contribution in [2.24, 2.45) is 0 Å². The van der Waals surface area contributed by atoms with E-state index in [-0.39, 0.29) is 18.5 Å². The van der Waals surface area contributed by atoms with E-state index < -0.39 is 12.1 Å². The molecule has 0 radical (unpaired) electrons. The third-order valence-electron chi connectivity index (χ3n) is 16.7. The molecule has 0 spiro atoms. The zero-order valence-corrected chi connectivity index (χ0v) is 52.9. The lowest BCUT2D eigenvalue weighted by molar-refractivity contribution is -0.143. The van der Waals surface area contributed by atoms with Crippen molar-refractivity contribution in [3.63, 3.8) is 0 Å². The fraction of sp³-hybridized carbons (Fsp3) is 0.917. The summed E-state index contributed by atoms with van der Waals surface area (Å²) in [7, 11) is 0. The summed E-state index contributed by atoms with van der Waals surface area (Å²) < 4.78 is 5.49. The van der Waals surface area contributed by atoms with Crippen molar-refractivity contribution in [1.82, 2.24) is 5.32 Å². The summed E-state index contributed by atoms with van der Waals surface area (Å²) in [5.41, 5.74) is 0. The van der Waals surface area contributed by atoms with Gasteiger partial charge in [-0.05, 0) is 57.8 Å². The molecule has 0 aliphatic heterocycles. The topological polar surface area (TPSA) is 95.9 Å². The van der Waals surface area contributed by atoms with Crippen LogP contribution in [0.1, 0.15) is 399 Å². The lowest BCUT2D eigenvalue weighted by Gasteiger charge is -2.20. The molecule has 0 rings (SSSR count). The summed E-state index contributed by atoms with van der Waals surface area (Å²) in [6.07, 6.45) is 85.4. The molecule has 0 saturated heterocycles. The Morgan fingerprint density at radius 3 is 0.910 bits per heavy atom. The van der Waals surface area contributed by atoms with Gasteiger partial charge in [-0.2, -0.15) is 0 Å². The molecule has 0 aliphatic carbocycles. The maximum absolute atomic E-state index is 12.5. The molecule has 0 aromatic carbocycles. The van der Waals surface area contributed by atoms with Crippen LogP contribution in [0.2, 0.25) is 0 Å². The molecule has 0 saturated carbocycles. The summed E-state index contributed by atoms with van der Waals surface area (Å²) in [5, 5.41) is 23.2. The number of aliphatic hydroxyl groups excluding tert-OH is 2. The molecule has 3 N–H and O–H groups in total. The maximum Gasteiger partial charge on any atom is 0.305 e. The number of unbranched alkanes of at least 4 members (excludes halogenated alkanes) is 54. The number of nitrogens with one attached hydrogen (secondary N) is 1. The standard InChI is InChI=1S/C72H139NO5/c1-3-5-7-9-11-13-15-17-19-20-21-31-34-37-40-44-48-52-56-60-64-70(75)69(68-74)73-71(76)65-61-57-53-49-45-41-38-35-32-29-27-25-23-22-24-26-28-30-33-36-39-43-47-51-55-59-63-67-78-72(77)66-62-58-54-50-46-42-18-16-14-12-10-8-6-4-2/h22-23,60,64,69-70,74-75H,3-21,24-59,61-63,65-68H2,1-2H3,(H,73,76)/b23-22-,64-60+. The molecule has 78 heavy (non-hydrogen) atoms. The van der Waals surface area contributed by atoms with E-state index in [2.05, 4.69) is 31.3 Å². The average molecular weight is 1100 g/mol. The van der Waals surface area contributed by atoms with Crippen LogP contribution >= 0.6 is 0 Å². The molecule has 6 heteroatoms. The lowest BCUT2D eigenvalue weighted by Crippen LogP contribution is -2.45. The van der Waals surface area contributed by atoms with Crippen molar-refractivity contribution in [2.75, 3.05) is 13.2 Å². The first-order valence-corrected chi connectivity index (χ1v) is 35.6. The highest BCUT2D eigenvalue weighted by atomic mass is 16.5. The van der Waals surface area contributed by atoms with E-state index >= 15 is 0 Å². The molecule has 1 amide bonds. The number of aliphatic hydroxyl groups is 2. The van der Waals surface area contributed by atoms with Gasteiger partial charge >= 0.3 is 5.97 Å². The minimum Gasteiger partial charge on any atom is -0.466 e. The minimum absolute atomic E-state index is 0.0177. The van der Waals surface area contributed by atoms with Crippen molar-refractivity contribution in [3.8, 4) is 0 Å². The van der Waals surface area contributed by atoms with E-state index in [0.29, 0.717) is 19.4 Å². The van der Waals surface area contributed by atoms with Gasteiger partial charge < -0.3 is 20.3 Å². The van der Waals surface area contributed by atoms with Gasteiger partial charge in [0.15, 0.2) is 0 Å². The Hall–Kier alpha value is -1.66. The van der Waals surface area contributed by atoms with Crippen LogP contribution in [-0.2, 0) is 14.3 Å². The molecule has 0 aliphatic rings. The molecule has 462 valence electrons. The summed E-state index contributed by atoms with van der Waals surface area (Å²) in [4.78, 5) is 24.6. The van der Waals surface area contributed by atoms with Gasteiger partial charge in [-0.1, -0.05) is 353 Å². The number of rotatable bonds is 67. The Bertz CT molecular complexity index is 1220. The smallest absolute Gasteiger partial charge is 0.305 e. The zero-order valence-electron chi connectivity index (χ0n) is 52.9. The van der Waals surface area contributed by atoms with Crippen LogP contribution in [0.15, 0.2) is 24.3 Å². The molecule has 0 fully saturated rings. The normalized spacial score (nSPS) is 12.6. The largest absolute Gasteiger partial charge is 0.466 e. The summed E-state index contributed by atoms with van der Waals surface area (Å²) in [5.74, 6) is -0.0472. The molecular formula is C72H139NO5. The Kier molecular flexibility index (Phi) is 66.4. The van der Waals surface area contributed by atoms with Gasteiger partial charge in [-0.15, -0.1) is 0 Å². The SMILES string of the molecule is CCCCCCCCCCCCCCCCCCCC/C=C/C(O)C(CO)NC(=O)CCCCCCCCCCCCC/C=C\CCCCCCCCCCCCCCOC(=O)CCCCCCCCCCCCCCCC. The van der Waals surface area contributed by atoms with E-state index in [1.807, 2.05) is 6.08 Å². The predicted octanol–water partition coefficient (Wildman–Crippen LogP) is 22.9. The average Bonchev–Trinajstić information content (AvgIpc) is 3.44. The second-order valence-electron chi connectivity index (χ2n) is 24.6. The highest BCUT2D eigenvalue weighted by molar-refractivity contribution is 5.76. The van der Waals surface area contributed by atoms with Gasteiger partial charge in [-0.3, -0.25) is 9.59 Å². The van der Waals surface area contributed by atoms with Crippen LogP contribution in [-0.4, -0.2) is 47.4 Å². The fourth-order valence-electron chi connectivity index (χ4n) is 11.3. The van der Waals surface area contributed by atoms with Crippen LogP contribution in [0.4, 0.5) is 0 Å². The molecule has 6 nitrogen and oxygen atoms in total. The third-order valence-corrected chi connectivity index (χ3v) is 16.7. The highest BCUT2D eigenvalue weighted by Crippen LogP contribution is 2.19. The molecule has 0 bridgehead atoms. The summed E-state index contributed by atoms with van der Waals surface area (Å²) in [6, 6.07) is -0.629. The summed E-state index contributed by atoms with van der Waals surface area (Å²) in [6.45, 7) is 4.95. The van der Waals surface area contributed by atoms with Crippen LogP contribution < -0.4 is 5.32 Å². The van der Waals surface area contributed by atoms with Gasteiger partial charge in [0.2, 0.25) is 5.91 Å². The van der Waals surface area contributed by atoms with Crippen LogP contribution in [0.25, 0.3) is 0 Å². The van der Waals surface area contributed by atoms with Gasteiger partial charge in [0.25, 0.3) is 0 Å². The first-order chi connectivity index (χ1) is 38.5. The molecule has 0 aromatic heterocycles. The number of carbonyl (C=O) groups excluding carboxylic acids is 2. The Labute approximate surface area is 488 Å². The second kappa shape index (κ2) is 67.8. The molecule has 2 atom stereocenters. The number of esters is 1. The van der Waals surface area contributed by atoms with Gasteiger partial charge in [0.1, 0.15) is 0 Å². The molecule has 0 heterocycles. The zero-order chi connectivity index (χ0) is 56.4. The van der Waals surface area contributed by atoms with E-state index in [1.54, 1.807) is 6.08 Å². The van der Waals surface area contributed by atoms with Gasteiger partial charge in [0.05, 0.1) is 25.4 Å². The lowest BCUT2D eigenvalue weighted by atomic mass is 10.0. The Balaban J connectivity index is 3.40. The maximum atomic E-state index is 12.5. The monoisotopic (exact) mass is 1100 g/mol. The van der Waals surface area contributed by atoms with E-state index in [4.69, 9.17) is 4.74 Å². The predicted molar refractivity (Wildman–Crippen MR) is 343 cm³/mol. The Morgan fingerprint density at radius 1 is 0.346 bits per heavy atom. The van der Waals surface area contributed by atoms with Crippen molar-refractivity contribution in [2.45, 2.75) is 411 Å². The Morgan fingerprint density at radius 2 is 0.603 bits per heavy atom. The quantitative estimate of drug-likeness (QED) is 0.0320. The number of hydrogen-bond acceptors (Lipinski definition) is 5. The van der Waals surface area contributed by atoms with Crippen molar-refractivity contribution in [3.05, 3.63) is 24.3 Å². The number of carbonyl (C=O) groups is 2.